The van der Waals surface area contributed by atoms with Gasteiger partial charge in [0.15, 0.2) is 12.6 Å². The van der Waals surface area contributed by atoms with Crippen molar-refractivity contribution in [1.29, 1.82) is 0 Å². The van der Waals surface area contributed by atoms with Gasteiger partial charge in [0.05, 0.1) is 147 Å². The molecule has 14 rings (SSSR count). The minimum Gasteiger partial charge on any atom is -0.394 e. The van der Waals surface area contributed by atoms with Crippen LogP contribution in [0.2, 0.25) is 0 Å². The van der Waals surface area contributed by atoms with Crippen molar-refractivity contribution >= 4 is 20.8 Å². The maximum absolute atomic E-state index is 13.3. The maximum atomic E-state index is 13.3. The van der Waals surface area contributed by atoms with Gasteiger partial charge in [-0.3, -0.25) is 9.11 Å². The summed E-state index contributed by atoms with van der Waals surface area (Å²) in [6, 6.07) is 0. The summed E-state index contributed by atoms with van der Waals surface area (Å²) in [6.07, 6.45) is -21.4. The molecule has 11 N–H and O–H groups in total. The van der Waals surface area contributed by atoms with Crippen LogP contribution < -0.4 is 0 Å². The summed E-state index contributed by atoms with van der Waals surface area (Å²) in [5.74, 6) is -0.148. The number of allylic oxidation sites excluding steroid dienone is 3. The van der Waals surface area contributed by atoms with Crippen molar-refractivity contribution < 1.29 is 156 Å². The Balaban J connectivity index is 0.658. The third-order valence-corrected chi connectivity index (χ3v) is 26.0. The number of aliphatic hydroxyl groups excluding tert-OH is 8. The fourth-order valence-electron chi connectivity index (χ4n) is 19.3. The topological polar surface area (TPSA) is 457 Å². The highest BCUT2D eigenvalue weighted by molar-refractivity contribution is 7.81. The first-order valence-corrected chi connectivity index (χ1v) is 39.7. The van der Waals surface area contributed by atoms with Crippen LogP contribution in [-0.4, -0.2) is 322 Å². The van der Waals surface area contributed by atoms with Crippen molar-refractivity contribution in [3.63, 3.8) is 0 Å². The molecule has 1 unspecified atom stereocenters. The zero-order valence-electron chi connectivity index (χ0n) is 59.6. The SMILES string of the molecule is C=CCC(=C)/C=C/[C@@](C)(O)[C@H]1O[C@@H]2C[C@@H]3O[C@@H]4C[C@@H]5O[C@@H]6C[C@@H]7O[C@@H]8C[C@@H]9O[C@@H]%10C[C@@H]%11O[C@](C)(CCOS(=O)(=O)O)[C@@H](OS(=O)(=O)O)C[C@H]%11O[C@H]%10C[C@H]9O[C@H]8CC[C@@]7(C)O[C@@]6(C)CC[C@H](C)[C@H]5O[C@H]4[C@@H](O)[C@@]3(CC3O[C@@H](CO[C@H]4O[C@@H](CO[C@H]5O[C@@H](CO)[C@H](O)[C@H]5O)[C@H](O)[C@H]4O)[C@H](O)[C@H]3O)O[C@H]2CC1=C. The largest absolute Gasteiger partial charge is 0.397 e. The fourth-order valence-corrected chi connectivity index (χ4v) is 20.1. The molecule has 14 aliphatic rings. The zero-order valence-corrected chi connectivity index (χ0v) is 61.2. The van der Waals surface area contributed by atoms with Crippen molar-refractivity contribution in [2.45, 2.75) is 355 Å². The van der Waals surface area contributed by atoms with Gasteiger partial charge in [-0.15, -0.1) is 6.58 Å². The van der Waals surface area contributed by atoms with Crippen LogP contribution in [0.4, 0.5) is 0 Å². The molecule has 0 spiro atoms. The number of ether oxygens (including phenoxy) is 16. The van der Waals surface area contributed by atoms with Crippen LogP contribution in [0.1, 0.15) is 131 Å². The van der Waals surface area contributed by atoms with Crippen molar-refractivity contribution in [2.75, 3.05) is 26.4 Å². The van der Waals surface area contributed by atoms with E-state index in [-0.39, 0.29) is 56.7 Å². The molecule has 33 nitrogen and oxygen atoms in total. The summed E-state index contributed by atoms with van der Waals surface area (Å²) in [7, 11) is -9.84. The second-order valence-corrected chi connectivity index (χ2v) is 34.7. The van der Waals surface area contributed by atoms with E-state index in [2.05, 4.69) is 44.7 Å². The molecule has 14 heterocycles. The monoisotopic (exact) mass is 1540 g/mol. The molecule has 14 saturated heterocycles. The van der Waals surface area contributed by atoms with Gasteiger partial charge in [-0.05, 0) is 77.7 Å². The molecule has 0 amide bonds. The second-order valence-electron chi connectivity index (χ2n) is 32.6. The summed E-state index contributed by atoms with van der Waals surface area (Å²) >= 11 is 0. The molecule has 0 aromatic rings. The number of hydrogen-bond acceptors (Lipinski definition) is 31. The third-order valence-electron chi connectivity index (χ3n) is 25.1. The minimum absolute atomic E-state index is 0.0434. The average molecular weight is 1540 g/mol. The van der Waals surface area contributed by atoms with Crippen LogP contribution in [0.25, 0.3) is 0 Å². The highest BCUT2D eigenvalue weighted by Crippen LogP contribution is 2.56. The van der Waals surface area contributed by atoms with Gasteiger partial charge in [0.2, 0.25) is 0 Å². The number of aliphatic hydroxyl groups is 9. The molecule has 0 radical (unpaired) electrons. The van der Waals surface area contributed by atoms with Crippen molar-refractivity contribution in [1.82, 2.24) is 0 Å². The van der Waals surface area contributed by atoms with Crippen LogP contribution in [0.15, 0.2) is 49.1 Å². The van der Waals surface area contributed by atoms with E-state index in [1.807, 2.05) is 0 Å². The lowest BCUT2D eigenvalue weighted by molar-refractivity contribution is -0.377. The molecule has 0 saturated carbocycles. The standard InChI is InChI=1S/C70H106O33S2/c1-9-10-31(2)11-14-66(5,79)63-33(4)19-42-41(96-63)25-53-70(101-42,27-46-54(72)56(74)48(92-46)29-86-65-59(77)57(75)49(98-65)30-87-64-58(76)55(73)47(28-71)97-64)62(78)61-45(95-53)23-44-60(99-61)32(3)12-15-68(7)51(94-44)26-50-69(8,103-68)16-13-34-35(93-50)20-37-36(89-34)21-38-39(90-37)22-43-40(91-38)24-52(102-105(83,84)85)67(6,100-43)17-18-88-104(80,81)82/h9,11,14,32,34-65,71-79H,1-2,4,10,12-13,15-30H2,3,5-8H3,(H,80,81,82)(H,83,84,85)/b14-11+/t32-,34-,35+,36+,37-,38-,39+,40+,41+,42-,43-,44-,45+,46?,47-,48-,49-,50-,51+,52-,53-,54-,55-,56-,57-,58+,59+,60+,61+,62+,63-,64-,65-,66+,67+,68-,69+,70-/m0/s1. The Labute approximate surface area is 610 Å². The molecule has 105 heavy (non-hydrogen) atoms. The van der Waals surface area contributed by atoms with Gasteiger partial charge in [-0.25, -0.2) is 8.37 Å². The van der Waals surface area contributed by atoms with Gasteiger partial charge < -0.3 is 122 Å². The lowest BCUT2D eigenvalue weighted by Gasteiger charge is -2.62. The van der Waals surface area contributed by atoms with Crippen LogP contribution >= 0.6 is 0 Å². The van der Waals surface area contributed by atoms with Gasteiger partial charge in [-0.2, -0.15) is 16.8 Å². The predicted octanol–water partition coefficient (Wildman–Crippen LogP) is -0.162. The number of fused-ring (bicyclic) bond motifs is 10. The fraction of sp³-hybridized carbons (Fsp3) is 0.886. The highest BCUT2D eigenvalue weighted by atomic mass is 32.3. The van der Waals surface area contributed by atoms with E-state index >= 15 is 0 Å². The van der Waals surface area contributed by atoms with Crippen LogP contribution in [0.5, 0.6) is 0 Å². The van der Waals surface area contributed by atoms with E-state index in [1.165, 1.54) is 6.92 Å². The third kappa shape index (κ3) is 15.8. The molecule has 0 aromatic carbocycles. The Morgan fingerprint density at radius 2 is 1.12 bits per heavy atom. The van der Waals surface area contributed by atoms with Gasteiger partial charge in [-0.1, -0.05) is 43.9 Å². The predicted molar refractivity (Wildman–Crippen MR) is 356 cm³/mol. The normalized spacial score (nSPS) is 51.8. The number of rotatable bonds is 20. The highest BCUT2D eigenvalue weighted by Gasteiger charge is 2.68. The molecular formula is C70H106O33S2. The van der Waals surface area contributed by atoms with E-state index in [1.54, 1.807) is 25.2 Å². The molecule has 14 aliphatic heterocycles. The smallest absolute Gasteiger partial charge is 0.394 e. The average Bonchev–Trinajstić information content (AvgIpc) is 1.41. The Morgan fingerprint density at radius 3 is 1.75 bits per heavy atom. The van der Waals surface area contributed by atoms with Gasteiger partial charge >= 0.3 is 20.8 Å². The Morgan fingerprint density at radius 1 is 0.590 bits per heavy atom. The van der Waals surface area contributed by atoms with E-state index < -0.39 is 259 Å². The number of hydrogen-bond donors (Lipinski definition) is 11. The minimum atomic E-state index is -5.00. The summed E-state index contributed by atoms with van der Waals surface area (Å²) in [5, 5.41) is 101. The molecule has 0 bridgehead atoms. The molecule has 14 fully saturated rings. The van der Waals surface area contributed by atoms with E-state index in [4.69, 9.17) is 80.0 Å². The van der Waals surface area contributed by atoms with Crippen molar-refractivity contribution in [2.24, 2.45) is 5.92 Å². The summed E-state index contributed by atoms with van der Waals surface area (Å²) in [5.41, 5.74) is -5.13. The Bertz CT molecular complexity index is 3390. The molecule has 35 heteroatoms. The van der Waals surface area contributed by atoms with Crippen LogP contribution in [0, 0.1) is 5.92 Å². The quantitative estimate of drug-likeness (QED) is 0.0428. The molecular weight excluding hydrogens is 1430 g/mol. The zero-order chi connectivity index (χ0) is 75.0. The van der Waals surface area contributed by atoms with Gasteiger partial charge in [0.1, 0.15) is 90.6 Å². The molecule has 38 atom stereocenters. The van der Waals surface area contributed by atoms with Crippen molar-refractivity contribution in [3.05, 3.63) is 49.1 Å². The Hall–Kier alpha value is -2.30. The van der Waals surface area contributed by atoms with Gasteiger partial charge in [0.25, 0.3) is 0 Å². The molecule has 596 valence electrons. The lowest BCUT2D eigenvalue weighted by atomic mass is 9.70. The second kappa shape index (κ2) is 30.2. The lowest BCUT2D eigenvalue weighted by Crippen LogP contribution is -2.75. The Kier molecular flexibility index (Phi) is 22.8. The first-order chi connectivity index (χ1) is 49.5. The molecule has 0 aliphatic carbocycles. The van der Waals surface area contributed by atoms with Gasteiger partial charge in [0, 0.05) is 57.8 Å². The van der Waals surface area contributed by atoms with Crippen molar-refractivity contribution in [3.8, 4) is 0 Å². The van der Waals surface area contributed by atoms with E-state index in [0.717, 1.165) is 0 Å². The van der Waals surface area contributed by atoms with Crippen LogP contribution in [-0.2, 0) is 105 Å². The van der Waals surface area contributed by atoms with Crippen LogP contribution in [0.3, 0.4) is 0 Å². The van der Waals surface area contributed by atoms with E-state index in [9.17, 15) is 71.9 Å². The van der Waals surface area contributed by atoms with E-state index in [0.29, 0.717) is 68.9 Å². The summed E-state index contributed by atoms with van der Waals surface area (Å²) in [4.78, 5) is 0. The summed E-state index contributed by atoms with van der Waals surface area (Å²) < 4.78 is 182. The molecule has 0 aromatic heterocycles. The maximum Gasteiger partial charge on any atom is 0.397 e. The first kappa shape index (κ1) is 79.3. The summed E-state index contributed by atoms with van der Waals surface area (Å²) in [6.45, 7) is 19.5. The first-order valence-electron chi connectivity index (χ1n) is 37.0.